The molecule has 0 saturated carbocycles. The second-order valence-electron chi connectivity index (χ2n) is 1.90. The van der Waals surface area contributed by atoms with Crippen molar-refractivity contribution >= 4 is 22.5 Å². The van der Waals surface area contributed by atoms with Gasteiger partial charge in [0.15, 0.2) is 0 Å². The topological polar surface area (TPSA) is 20.2 Å². The molecule has 1 aromatic rings. The molecular formula is C7H8OS2. The summed E-state index contributed by atoms with van der Waals surface area (Å²) in [5.74, 6) is 1.10. The zero-order chi connectivity index (χ0) is 7.40. The largest absolute Gasteiger partial charge is 0.508 e. The Morgan fingerprint density at radius 1 is 1.40 bits per heavy atom. The lowest BCUT2D eigenvalue weighted by atomic mass is 10.2. The third kappa shape index (κ3) is 1.85. The van der Waals surface area contributed by atoms with Gasteiger partial charge in [-0.25, -0.2) is 0 Å². The quantitative estimate of drug-likeness (QED) is 0.528. The van der Waals surface area contributed by atoms with E-state index in [1.54, 1.807) is 6.07 Å². The molecule has 0 spiro atoms. The van der Waals surface area contributed by atoms with E-state index in [2.05, 4.69) is 11.7 Å². The Morgan fingerprint density at radius 3 is 2.70 bits per heavy atom. The minimum Gasteiger partial charge on any atom is -0.508 e. The van der Waals surface area contributed by atoms with Crippen molar-refractivity contribution in [3.63, 3.8) is 0 Å². The van der Waals surface area contributed by atoms with E-state index < -0.39 is 0 Å². The lowest BCUT2D eigenvalue weighted by molar-refractivity contribution is 0.470. The van der Waals surface area contributed by atoms with Gasteiger partial charge >= 0.3 is 0 Å². The molecule has 0 fully saturated rings. The summed E-state index contributed by atoms with van der Waals surface area (Å²) < 4.78 is 0. The highest BCUT2D eigenvalue weighted by Crippen LogP contribution is 2.22. The molecule has 0 amide bonds. The van der Waals surface area contributed by atoms with Gasteiger partial charge in [-0.2, -0.15) is 0 Å². The molecule has 3 heteroatoms. The summed E-state index contributed by atoms with van der Waals surface area (Å²) in [6, 6.07) is 7.28. The van der Waals surface area contributed by atoms with Crippen LogP contribution < -0.4 is 0 Å². The van der Waals surface area contributed by atoms with Crippen LogP contribution in [0.15, 0.2) is 24.3 Å². The summed E-state index contributed by atoms with van der Waals surface area (Å²) in [6.07, 6.45) is 0. The smallest absolute Gasteiger partial charge is 0.119 e. The molecule has 0 aliphatic heterocycles. The monoisotopic (exact) mass is 172 g/mol. The van der Waals surface area contributed by atoms with Crippen molar-refractivity contribution in [3.05, 3.63) is 29.8 Å². The van der Waals surface area contributed by atoms with Gasteiger partial charge in [0.2, 0.25) is 0 Å². The van der Waals surface area contributed by atoms with Gasteiger partial charge in [0, 0.05) is 11.3 Å². The van der Waals surface area contributed by atoms with E-state index in [0.29, 0.717) is 5.75 Å². The number of hydrogen-bond donors (Lipinski definition) is 2. The molecule has 0 heterocycles. The first-order chi connectivity index (χ1) is 4.84. The van der Waals surface area contributed by atoms with Crippen molar-refractivity contribution in [2.24, 2.45) is 0 Å². The zero-order valence-corrected chi connectivity index (χ0v) is 7.03. The number of phenolic OH excluding ortho intramolecular Hbond substituents is 1. The molecule has 10 heavy (non-hydrogen) atoms. The van der Waals surface area contributed by atoms with E-state index in [4.69, 9.17) is 0 Å². The standard InChI is InChI=1S/C7H8OS2/c8-7-4-2-1-3-6(7)5-10-9/h1-4,8-9H,5H2. The maximum Gasteiger partial charge on any atom is 0.119 e. The maximum atomic E-state index is 9.19. The van der Waals surface area contributed by atoms with E-state index >= 15 is 0 Å². The van der Waals surface area contributed by atoms with Crippen LogP contribution in [0.1, 0.15) is 5.56 Å². The zero-order valence-electron chi connectivity index (χ0n) is 5.32. The summed E-state index contributed by atoms with van der Waals surface area (Å²) in [6.45, 7) is 0. The second kappa shape index (κ2) is 3.78. The molecule has 0 bridgehead atoms. The third-order valence-electron chi connectivity index (χ3n) is 1.21. The molecule has 54 valence electrons. The Hall–Kier alpha value is -0.280. The number of para-hydroxylation sites is 1. The first-order valence-corrected chi connectivity index (χ1v) is 4.91. The van der Waals surface area contributed by atoms with Crippen LogP contribution >= 0.6 is 22.5 Å². The highest BCUT2D eigenvalue weighted by molar-refractivity contribution is 8.68. The summed E-state index contributed by atoms with van der Waals surface area (Å²) in [7, 11) is 1.40. The minimum absolute atomic E-state index is 0.351. The SMILES string of the molecule is Oc1ccccc1CSS. The number of phenols is 1. The minimum atomic E-state index is 0.351. The number of thiol groups is 1. The van der Waals surface area contributed by atoms with Gasteiger partial charge in [-0.15, -0.1) is 11.7 Å². The number of benzene rings is 1. The van der Waals surface area contributed by atoms with Crippen LogP contribution in [-0.4, -0.2) is 5.11 Å². The molecule has 0 aliphatic rings. The van der Waals surface area contributed by atoms with Crippen LogP contribution in [-0.2, 0) is 5.75 Å². The van der Waals surface area contributed by atoms with Crippen molar-refractivity contribution in [1.82, 2.24) is 0 Å². The van der Waals surface area contributed by atoms with E-state index in [1.807, 2.05) is 18.2 Å². The van der Waals surface area contributed by atoms with Crippen LogP contribution in [0.25, 0.3) is 0 Å². The van der Waals surface area contributed by atoms with Crippen molar-refractivity contribution in [3.8, 4) is 5.75 Å². The predicted octanol–water partition coefficient (Wildman–Crippen LogP) is 2.47. The van der Waals surface area contributed by atoms with Gasteiger partial charge in [-0.05, 0) is 6.07 Å². The Labute approximate surface area is 69.3 Å². The molecule has 0 saturated heterocycles. The van der Waals surface area contributed by atoms with Crippen molar-refractivity contribution in [2.75, 3.05) is 0 Å². The summed E-state index contributed by atoms with van der Waals surface area (Å²) >= 11 is 3.98. The molecule has 0 atom stereocenters. The Morgan fingerprint density at radius 2 is 2.10 bits per heavy atom. The summed E-state index contributed by atoms with van der Waals surface area (Å²) in [5.41, 5.74) is 0.933. The lowest BCUT2D eigenvalue weighted by Gasteiger charge is -1.98. The maximum absolute atomic E-state index is 9.19. The third-order valence-corrected chi connectivity index (χ3v) is 2.04. The lowest BCUT2D eigenvalue weighted by Crippen LogP contribution is -1.77. The number of rotatable bonds is 2. The molecule has 0 unspecified atom stereocenters. The van der Waals surface area contributed by atoms with Crippen LogP contribution in [0, 0.1) is 0 Å². The Bertz CT molecular complexity index is 213. The predicted molar refractivity (Wildman–Crippen MR) is 48.4 cm³/mol. The molecule has 0 aliphatic carbocycles. The van der Waals surface area contributed by atoms with Crippen LogP contribution in [0.4, 0.5) is 0 Å². The molecule has 0 aromatic heterocycles. The number of hydrogen-bond acceptors (Lipinski definition) is 3. The van der Waals surface area contributed by atoms with E-state index in [-0.39, 0.29) is 0 Å². The van der Waals surface area contributed by atoms with E-state index in [1.165, 1.54) is 10.8 Å². The highest BCUT2D eigenvalue weighted by atomic mass is 33.1. The van der Waals surface area contributed by atoms with Crippen molar-refractivity contribution < 1.29 is 5.11 Å². The summed E-state index contributed by atoms with van der Waals surface area (Å²) in [5, 5.41) is 9.19. The van der Waals surface area contributed by atoms with Gasteiger partial charge in [-0.3, -0.25) is 0 Å². The molecule has 1 aromatic carbocycles. The Balaban J connectivity index is 2.81. The second-order valence-corrected chi connectivity index (χ2v) is 3.22. The van der Waals surface area contributed by atoms with E-state index in [9.17, 15) is 5.11 Å². The fraction of sp³-hybridized carbons (Fsp3) is 0.143. The van der Waals surface area contributed by atoms with Gasteiger partial charge in [0.05, 0.1) is 0 Å². The molecule has 1 nitrogen and oxygen atoms in total. The fourth-order valence-electron chi connectivity index (χ4n) is 0.702. The molecular weight excluding hydrogens is 164 g/mol. The van der Waals surface area contributed by atoms with Crippen LogP contribution in [0.5, 0.6) is 5.75 Å². The van der Waals surface area contributed by atoms with Crippen LogP contribution in [0.3, 0.4) is 0 Å². The molecule has 0 radical (unpaired) electrons. The fourth-order valence-corrected chi connectivity index (χ4v) is 1.50. The normalized spacial score (nSPS) is 9.70. The first kappa shape index (κ1) is 7.82. The van der Waals surface area contributed by atoms with Gasteiger partial charge in [0.25, 0.3) is 0 Å². The average molecular weight is 172 g/mol. The van der Waals surface area contributed by atoms with Gasteiger partial charge in [0.1, 0.15) is 5.75 Å². The van der Waals surface area contributed by atoms with Gasteiger partial charge in [-0.1, -0.05) is 29.0 Å². The first-order valence-electron chi connectivity index (χ1n) is 2.88. The number of aromatic hydroxyl groups is 1. The van der Waals surface area contributed by atoms with E-state index in [0.717, 1.165) is 11.3 Å². The van der Waals surface area contributed by atoms with Crippen molar-refractivity contribution in [1.29, 1.82) is 0 Å². The Kier molecular flexibility index (Phi) is 2.96. The van der Waals surface area contributed by atoms with Crippen LogP contribution in [0.2, 0.25) is 0 Å². The highest BCUT2D eigenvalue weighted by Gasteiger charge is 1.96. The average Bonchev–Trinajstić information content (AvgIpc) is 1.94. The van der Waals surface area contributed by atoms with Gasteiger partial charge < -0.3 is 5.11 Å². The summed E-state index contributed by atoms with van der Waals surface area (Å²) in [4.78, 5) is 0. The van der Waals surface area contributed by atoms with Crippen molar-refractivity contribution in [2.45, 2.75) is 5.75 Å². The molecule has 1 N–H and O–H groups in total. The molecule has 1 rings (SSSR count).